The van der Waals surface area contributed by atoms with Gasteiger partial charge in [0.05, 0.1) is 0 Å². The Morgan fingerprint density at radius 3 is 2.09 bits per heavy atom. The Morgan fingerprint density at radius 1 is 0.696 bits per heavy atom. The molecule has 4 aromatic rings. The molecule has 0 saturated carbocycles. The van der Waals surface area contributed by atoms with Crippen LogP contribution in [-0.4, -0.2) is 39.2 Å². The average Bonchev–Trinajstić information content (AvgIpc) is 2.93. The SMILES string of the molecule is Bc1c(B)c(B)c2c(c(B)c(B)c3oc4ccccc4c32)c1Br. The van der Waals surface area contributed by atoms with E-state index in [1.165, 1.54) is 53.3 Å². The van der Waals surface area contributed by atoms with E-state index in [9.17, 15) is 0 Å². The van der Waals surface area contributed by atoms with Gasteiger partial charge in [-0.1, -0.05) is 61.4 Å². The summed E-state index contributed by atoms with van der Waals surface area (Å²) in [6.45, 7) is 0. The van der Waals surface area contributed by atoms with E-state index in [1.54, 1.807) is 0 Å². The molecular weight excluding hydrogens is 342 g/mol. The van der Waals surface area contributed by atoms with Crippen molar-refractivity contribution in [3.8, 4) is 0 Å². The number of para-hydroxylation sites is 1. The van der Waals surface area contributed by atoms with Crippen LogP contribution in [0.3, 0.4) is 0 Å². The third kappa shape index (κ3) is 1.86. The fourth-order valence-electron chi connectivity index (χ4n) is 3.70. The van der Waals surface area contributed by atoms with Crippen LogP contribution in [0.2, 0.25) is 0 Å². The summed E-state index contributed by atoms with van der Waals surface area (Å²) in [5.41, 5.74) is 8.53. The van der Waals surface area contributed by atoms with Crippen molar-refractivity contribution in [3.63, 3.8) is 0 Å². The van der Waals surface area contributed by atoms with Gasteiger partial charge < -0.3 is 4.42 Å². The van der Waals surface area contributed by atoms with Crippen LogP contribution >= 0.6 is 15.9 Å². The summed E-state index contributed by atoms with van der Waals surface area (Å²) in [4.78, 5) is 0. The highest BCUT2D eigenvalue weighted by Gasteiger charge is 2.20. The Balaban J connectivity index is 2.47. The molecule has 0 fully saturated rings. The molecule has 4 rings (SSSR count). The maximum absolute atomic E-state index is 6.22. The summed E-state index contributed by atoms with van der Waals surface area (Å²) < 4.78 is 7.43. The predicted molar refractivity (Wildman–Crippen MR) is 120 cm³/mol. The van der Waals surface area contributed by atoms with Crippen molar-refractivity contribution in [2.45, 2.75) is 0 Å². The van der Waals surface area contributed by atoms with E-state index in [2.05, 4.69) is 73.4 Å². The summed E-state index contributed by atoms with van der Waals surface area (Å²) in [5, 5.41) is 5.10. The summed E-state index contributed by atoms with van der Waals surface area (Å²) in [5.74, 6) is 0. The van der Waals surface area contributed by atoms with Gasteiger partial charge in [0, 0.05) is 15.2 Å². The van der Waals surface area contributed by atoms with Gasteiger partial charge in [0.15, 0.2) is 0 Å². The normalized spacial score (nSPS) is 11.7. The van der Waals surface area contributed by atoms with Gasteiger partial charge in [-0.15, -0.1) is 0 Å². The van der Waals surface area contributed by atoms with Gasteiger partial charge in [-0.05, 0) is 16.8 Å². The molecule has 0 amide bonds. The highest BCUT2D eigenvalue weighted by Crippen LogP contribution is 2.33. The van der Waals surface area contributed by atoms with Crippen molar-refractivity contribution in [3.05, 3.63) is 28.7 Å². The molecule has 0 atom stereocenters. The zero-order valence-corrected chi connectivity index (χ0v) is 15.7. The molecule has 3 aromatic carbocycles. The molecule has 1 aromatic heterocycles. The third-order valence-corrected chi connectivity index (χ3v) is 6.41. The topological polar surface area (TPSA) is 13.1 Å². The van der Waals surface area contributed by atoms with Crippen LogP contribution in [0.4, 0.5) is 0 Å². The van der Waals surface area contributed by atoms with E-state index in [4.69, 9.17) is 4.42 Å². The average molecular weight is 356 g/mol. The Morgan fingerprint density at radius 2 is 1.35 bits per heavy atom. The molecule has 7 heteroatoms. The molecule has 1 nitrogen and oxygen atoms in total. The molecule has 1 heterocycles. The van der Waals surface area contributed by atoms with Gasteiger partial charge in [-0.25, -0.2) is 0 Å². The van der Waals surface area contributed by atoms with Crippen molar-refractivity contribution in [1.82, 2.24) is 0 Å². The molecule has 0 saturated heterocycles. The molecular formula is C16H14B5BrO. The lowest BCUT2D eigenvalue weighted by Crippen LogP contribution is -2.42. The standard InChI is InChI=1S/C16H14B5BrO/c17-10-8-7-5-3-1-2-4-6(5)23-16(7)14(21)11(18)9(8)15(22)13(20)12(10)19/h1-4H,17-21H2. The summed E-state index contributed by atoms with van der Waals surface area (Å²) in [6, 6.07) is 8.34. The molecule has 0 unspecified atom stereocenters. The van der Waals surface area contributed by atoms with Gasteiger partial charge in [0.25, 0.3) is 0 Å². The maximum Gasteiger partial charge on any atom is 0.143 e. The van der Waals surface area contributed by atoms with Crippen molar-refractivity contribution < 1.29 is 4.42 Å². The third-order valence-electron chi connectivity index (χ3n) is 5.42. The molecule has 0 N–H and O–H groups in total. The largest absolute Gasteiger partial charge is 0.457 e. The number of halogens is 1. The van der Waals surface area contributed by atoms with Crippen molar-refractivity contribution >= 4 is 115 Å². The molecule has 0 aliphatic heterocycles. The second-order valence-electron chi connectivity index (χ2n) is 6.49. The van der Waals surface area contributed by atoms with Crippen molar-refractivity contribution in [1.29, 1.82) is 0 Å². The minimum atomic E-state index is 0.964. The Kier molecular flexibility index (Phi) is 3.28. The van der Waals surface area contributed by atoms with Gasteiger partial charge >= 0.3 is 0 Å². The predicted octanol–water partition coefficient (Wildman–Crippen LogP) is -3.21. The Hall–Kier alpha value is -1.48. The summed E-state index contributed by atoms with van der Waals surface area (Å²) >= 11 is 3.86. The van der Waals surface area contributed by atoms with Crippen LogP contribution in [0.5, 0.6) is 0 Å². The second-order valence-corrected chi connectivity index (χ2v) is 7.28. The molecule has 0 aliphatic rings. The fraction of sp³-hybridized carbons (Fsp3) is 0. The molecule has 0 radical (unpaired) electrons. The first kappa shape index (κ1) is 15.1. The van der Waals surface area contributed by atoms with Crippen LogP contribution in [-0.2, 0) is 0 Å². The van der Waals surface area contributed by atoms with E-state index < -0.39 is 0 Å². The Labute approximate surface area is 148 Å². The van der Waals surface area contributed by atoms with Crippen LogP contribution in [0.15, 0.2) is 33.2 Å². The van der Waals surface area contributed by atoms with Gasteiger partial charge in [-0.3, -0.25) is 0 Å². The van der Waals surface area contributed by atoms with Crippen LogP contribution in [0, 0.1) is 0 Å². The van der Waals surface area contributed by atoms with Gasteiger partial charge in [-0.2, -0.15) is 0 Å². The summed E-state index contributed by atoms with van der Waals surface area (Å²) in [7, 11) is 11.0. The fourth-order valence-corrected chi connectivity index (χ4v) is 4.49. The molecule has 0 aliphatic carbocycles. The van der Waals surface area contributed by atoms with Gasteiger partial charge in [0.1, 0.15) is 50.4 Å². The van der Waals surface area contributed by atoms with Crippen LogP contribution in [0.25, 0.3) is 32.7 Å². The first-order chi connectivity index (χ1) is 10.9. The quantitative estimate of drug-likeness (QED) is 0.303. The smallest absolute Gasteiger partial charge is 0.143 e. The van der Waals surface area contributed by atoms with E-state index in [0.29, 0.717) is 0 Å². The number of furan rings is 1. The molecule has 0 bridgehead atoms. The lowest BCUT2D eigenvalue weighted by molar-refractivity contribution is 0.672. The first-order valence-corrected chi connectivity index (χ1v) is 8.72. The zero-order valence-electron chi connectivity index (χ0n) is 14.1. The lowest BCUT2D eigenvalue weighted by atomic mass is 9.66. The van der Waals surface area contributed by atoms with Gasteiger partial charge in [0.2, 0.25) is 0 Å². The maximum atomic E-state index is 6.22. The summed E-state index contributed by atoms with van der Waals surface area (Å²) in [6.07, 6.45) is 0. The van der Waals surface area contributed by atoms with E-state index in [1.807, 2.05) is 6.07 Å². The number of benzene rings is 3. The first-order valence-electron chi connectivity index (χ1n) is 7.92. The van der Waals surface area contributed by atoms with Crippen molar-refractivity contribution in [2.24, 2.45) is 0 Å². The minimum Gasteiger partial charge on any atom is -0.457 e. The molecule has 23 heavy (non-hydrogen) atoms. The highest BCUT2D eigenvalue weighted by atomic mass is 79.9. The van der Waals surface area contributed by atoms with E-state index >= 15 is 0 Å². The van der Waals surface area contributed by atoms with Crippen LogP contribution in [0.1, 0.15) is 0 Å². The van der Waals surface area contributed by atoms with E-state index in [-0.39, 0.29) is 0 Å². The van der Waals surface area contributed by atoms with Crippen LogP contribution < -0.4 is 27.3 Å². The van der Waals surface area contributed by atoms with Crippen molar-refractivity contribution in [2.75, 3.05) is 0 Å². The van der Waals surface area contributed by atoms with E-state index in [0.717, 1.165) is 11.2 Å². The molecule has 106 valence electrons. The lowest BCUT2D eigenvalue weighted by Gasteiger charge is -2.18. The second kappa shape index (κ2) is 5.01. The number of rotatable bonds is 0. The zero-order chi connectivity index (χ0) is 16.5. The number of fused-ring (bicyclic) bond motifs is 5. The monoisotopic (exact) mass is 356 g/mol. The minimum absolute atomic E-state index is 0.964. The number of hydrogen-bond acceptors (Lipinski definition) is 1. The number of hydrogen-bond donors (Lipinski definition) is 0. The Bertz CT molecular complexity index is 1130. The molecule has 0 spiro atoms. The highest BCUT2D eigenvalue weighted by molar-refractivity contribution is 9.10.